The number of carbonyl (C=O) groups is 2. The van der Waals surface area contributed by atoms with Crippen LogP contribution in [0.5, 0.6) is 0 Å². The van der Waals surface area contributed by atoms with Gasteiger partial charge in [0.05, 0.1) is 12.5 Å². The number of hydrogen-bond donors (Lipinski definition) is 1. The molecule has 0 aliphatic carbocycles. The largest absolute Gasteiger partial charge is 0.481 e. The van der Waals surface area contributed by atoms with Crippen molar-refractivity contribution in [3.8, 4) is 0 Å². The normalized spacial score (nSPS) is 11.9. The number of benzene rings is 1. The van der Waals surface area contributed by atoms with Gasteiger partial charge < -0.3 is 9.84 Å². The van der Waals surface area contributed by atoms with Crippen molar-refractivity contribution >= 4 is 11.9 Å². The maximum absolute atomic E-state index is 12.6. The Bertz CT molecular complexity index is 541. The summed E-state index contributed by atoms with van der Waals surface area (Å²) in [4.78, 5) is 23.2. The third-order valence-corrected chi connectivity index (χ3v) is 5.34. The van der Waals surface area contributed by atoms with Gasteiger partial charge in [-0.1, -0.05) is 95.0 Å². The highest BCUT2D eigenvalue weighted by Crippen LogP contribution is 2.19. The smallest absolute Gasteiger partial charge is 0.309 e. The number of rotatable bonds is 18. The summed E-state index contributed by atoms with van der Waals surface area (Å²) in [6, 6.07) is 10.2. The molecule has 1 aromatic carbocycles. The van der Waals surface area contributed by atoms with Crippen molar-refractivity contribution in [2.24, 2.45) is 5.92 Å². The molecule has 4 nitrogen and oxygen atoms in total. The van der Waals surface area contributed by atoms with Crippen molar-refractivity contribution in [1.82, 2.24) is 0 Å². The fraction of sp³-hybridized carbons (Fsp3) is 0.680. The Hall–Kier alpha value is -1.84. The molecule has 1 atom stereocenters. The van der Waals surface area contributed by atoms with Gasteiger partial charge in [0.15, 0.2) is 0 Å². The highest BCUT2D eigenvalue weighted by molar-refractivity contribution is 5.72. The Kier molecular flexibility index (Phi) is 14.8. The lowest BCUT2D eigenvalue weighted by atomic mass is 9.93. The molecule has 0 bridgehead atoms. The van der Waals surface area contributed by atoms with E-state index in [-0.39, 0.29) is 18.3 Å². The zero-order chi connectivity index (χ0) is 21.2. The minimum absolute atomic E-state index is 0.0618. The van der Waals surface area contributed by atoms with Crippen LogP contribution in [0.4, 0.5) is 0 Å². The van der Waals surface area contributed by atoms with E-state index in [1.807, 2.05) is 18.2 Å². The molecular formula is C25H40O4. The number of hydrogen-bond acceptors (Lipinski definition) is 3. The van der Waals surface area contributed by atoms with Crippen molar-refractivity contribution in [1.29, 1.82) is 0 Å². The predicted octanol–water partition coefficient (Wildman–Crippen LogP) is 6.56. The molecule has 0 amide bonds. The summed E-state index contributed by atoms with van der Waals surface area (Å²) in [7, 11) is 0. The molecule has 1 rings (SSSR count). The van der Waals surface area contributed by atoms with Gasteiger partial charge >= 0.3 is 11.9 Å². The van der Waals surface area contributed by atoms with E-state index in [0.29, 0.717) is 6.61 Å². The van der Waals surface area contributed by atoms with Crippen LogP contribution in [0.25, 0.3) is 0 Å². The maximum atomic E-state index is 12.6. The lowest BCUT2D eigenvalue weighted by Gasteiger charge is -2.16. The molecule has 0 radical (unpaired) electrons. The molecular weight excluding hydrogens is 364 g/mol. The fourth-order valence-electron chi connectivity index (χ4n) is 3.57. The summed E-state index contributed by atoms with van der Waals surface area (Å²) in [5.41, 5.74) is 1.18. The van der Waals surface area contributed by atoms with Crippen LogP contribution in [-0.4, -0.2) is 23.7 Å². The highest BCUT2D eigenvalue weighted by Gasteiger charge is 2.20. The van der Waals surface area contributed by atoms with E-state index in [9.17, 15) is 9.59 Å². The van der Waals surface area contributed by atoms with E-state index in [2.05, 4.69) is 19.1 Å². The first-order valence-electron chi connectivity index (χ1n) is 11.6. The van der Waals surface area contributed by atoms with Gasteiger partial charge in [0.25, 0.3) is 0 Å². The molecule has 1 aromatic rings. The summed E-state index contributed by atoms with van der Waals surface area (Å²) < 4.78 is 5.60. The Labute approximate surface area is 177 Å². The average Bonchev–Trinajstić information content (AvgIpc) is 2.72. The number of esters is 1. The zero-order valence-corrected chi connectivity index (χ0v) is 18.2. The summed E-state index contributed by atoms with van der Waals surface area (Å²) in [5, 5.41) is 8.68. The number of carboxylic acid groups (broad SMARTS) is 1. The molecule has 1 N–H and O–H groups in total. The van der Waals surface area contributed by atoms with Crippen molar-refractivity contribution in [2.45, 2.75) is 96.8 Å². The SMILES string of the molecule is CCCCCCCCOC(=O)C(CCCCCCCC(=O)O)Cc1ccccc1. The van der Waals surface area contributed by atoms with E-state index in [4.69, 9.17) is 9.84 Å². The second kappa shape index (κ2) is 17.1. The summed E-state index contributed by atoms with van der Waals surface area (Å²) >= 11 is 0. The third-order valence-electron chi connectivity index (χ3n) is 5.34. The monoisotopic (exact) mass is 404 g/mol. The highest BCUT2D eigenvalue weighted by atomic mass is 16.5. The van der Waals surface area contributed by atoms with Crippen LogP contribution < -0.4 is 0 Å². The lowest BCUT2D eigenvalue weighted by molar-refractivity contribution is -0.149. The van der Waals surface area contributed by atoms with E-state index in [1.165, 1.54) is 31.2 Å². The molecule has 0 aliphatic heterocycles. The maximum Gasteiger partial charge on any atom is 0.309 e. The van der Waals surface area contributed by atoms with Crippen molar-refractivity contribution in [3.05, 3.63) is 35.9 Å². The molecule has 0 aliphatic rings. The van der Waals surface area contributed by atoms with Gasteiger partial charge in [0.2, 0.25) is 0 Å². The molecule has 0 heterocycles. The van der Waals surface area contributed by atoms with Gasteiger partial charge in [-0.15, -0.1) is 0 Å². The predicted molar refractivity (Wildman–Crippen MR) is 118 cm³/mol. The number of unbranched alkanes of at least 4 members (excludes halogenated alkanes) is 9. The van der Waals surface area contributed by atoms with Crippen LogP contribution in [0, 0.1) is 5.92 Å². The van der Waals surface area contributed by atoms with Crippen LogP contribution in [-0.2, 0) is 20.7 Å². The van der Waals surface area contributed by atoms with Gasteiger partial charge in [-0.25, -0.2) is 0 Å². The van der Waals surface area contributed by atoms with Crippen LogP contribution in [0.15, 0.2) is 30.3 Å². The van der Waals surface area contributed by atoms with Crippen LogP contribution in [0.2, 0.25) is 0 Å². The number of carboxylic acids is 1. The van der Waals surface area contributed by atoms with Gasteiger partial charge in [0, 0.05) is 6.42 Å². The Balaban J connectivity index is 2.32. The number of carbonyl (C=O) groups excluding carboxylic acids is 1. The zero-order valence-electron chi connectivity index (χ0n) is 18.2. The molecule has 29 heavy (non-hydrogen) atoms. The molecule has 0 fully saturated rings. The number of aliphatic carboxylic acids is 1. The average molecular weight is 405 g/mol. The molecule has 0 saturated heterocycles. The van der Waals surface area contributed by atoms with Crippen LogP contribution in [0.1, 0.15) is 96.0 Å². The second-order valence-corrected chi connectivity index (χ2v) is 8.02. The van der Waals surface area contributed by atoms with Gasteiger partial charge in [0.1, 0.15) is 0 Å². The lowest BCUT2D eigenvalue weighted by Crippen LogP contribution is -2.21. The molecule has 0 aromatic heterocycles. The molecule has 164 valence electrons. The van der Waals surface area contributed by atoms with Crippen molar-refractivity contribution < 1.29 is 19.4 Å². The van der Waals surface area contributed by atoms with E-state index in [0.717, 1.165) is 57.8 Å². The van der Waals surface area contributed by atoms with E-state index >= 15 is 0 Å². The minimum Gasteiger partial charge on any atom is -0.481 e. The summed E-state index contributed by atoms with van der Waals surface area (Å²) in [6.07, 6.45) is 13.7. The second-order valence-electron chi connectivity index (χ2n) is 8.02. The van der Waals surface area contributed by atoms with Crippen molar-refractivity contribution in [2.75, 3.05) is 6.61 Å². The first-order valence-corrected chi connectivity index (χ1v) is 11.6. The summed E-state index contributed by atoms with van der Waals surface area (Å²) in [6.45, 7) is 2.75. The van der Waals surface area contributed by atoms with Crippen molar-refractivity contribution in [3.63, 3.8) is 0 Å². The van der Waals surface area contributed by atoms with Gasteiger partial charge in [-0.2, -0.15) is 0 Å². The van der Waals surface area contributed by atoms with Crippen LogP contribution in [0.3, 0.4) is 0 Å². The Morgan fingerprint density at radius 3 is 2.17 bits per heavy atom. The van der Waals surface area contributed by atoms with E-state index in [1.54, 1.807) is 0 Å². The Morgan fingerprint density at radius 2 is 1.48 bits per heavy atom. The topological polar surface area (TPSA) is 63.6 Å². The van der Waals surface area contributed by atoms with E-state index < -0.39 is 5.97 Å². The first-order chi connectivity index (χ1) is 14.1. The standard InChI is InChI=1S/C25H40O4/c1-2-3-4-5-9-15-20-29-25(28)23(21-22-16-11-10-12-17-22)18-13-7-6-8-14-19-24(26)27/h10-12,16-17,23H,2-9,13-15,18-21H2,1H3,(H,26,27). The summed E-state index contributed by atoms with van der Waals surface area (Å²) in [5.74, 6) is -0.870. The van der Waals surface area contributed by atoms with Gasteiger partial charge in [-0.3, -0.25) is 9.59 Å². The van der Waals surface area contributed by atoms with Crippen LogP contribution >= 0.6 is 0 Å². The molecule has 1 unspecified atom stereocenters. The quantitative estimate of drug-likeness (QED) is 0.222. The third kappa shape index (κ3) is 13.9. The first kappa shape index (κ1) is 25.2. The number of ether oxygens (including phenoxy) is 1. The molecule has 0 spiro atoms. The molecule has 4 heteroatoms. The minimum atomic E-state index is -0.721. The fourth-order valence-corrected chi connectivity index (χ4v) is 3.57. The van der Waals surface area contributed by atoms with Gasteiger partial charge in [-0.05, 0) is 31.2 Å². The molecule has 0 saturated carbocycles. The Morgan fingerprint density at radius 1 is 0.862 bits per heavy atom.